The number of fused-ring (bicyclic) bond motifs is 1. The van der Waals surface area contributed by atoms with Gasteiger partial charge in [0.15, 0.2) is 0 Å². The van der Waals surface area contributed by atoms with E-state index in [-0.39, 0.29) is 36.0 Å². The first-order valence-electron chi connectivity index (χ1n) is 12.7. The number of aliphatic hydroxyl groups is 1. The van der Waals surface area contributed by atoms with Gasteiger partial charge in [-0.2, -0.15) is 0 Å². The van der Waals surface area contributed by atoms with Gasteiger partial charge in [0.25, 0.3) is 0 Å². The largest absolute Gasteiger partial charge is 0.393 e. The Kier molecular flexibility index (Phi) is 9.34. The average molecular weight is 452 g/mol. The van der Waals surface area contributed by atoms with E-state index in [1.807, 2.05) is 7.05 Å². The monoisotopic (exact) mass is 451 g/mol. The van der Waals surface area contributed by atoms with Crippen LogP contribution in [0, 0.1) is 5.92 Å². The van der Waals surface area contributed by atoms with Crippen molar-refractivity contribution in [3.8, 4) is 0 Å². The van der Waals surface area contributed by atoms with Crippen LogP contribution in [0.25, 0.3) is 0 Å². The van der Waals surface area contributed by atoms with E-state index >= 15 is 0 Å². The number of carbonyl (C=O) groups is 2. The Morgan fingerprint density at radius 3 is 2.41 bits per heavy atom. The van der Waals surface area contributed by atoms with E-state index in [0.717, 1.165) is 51.5 Å². The molecule has 2 heterocycles. The Hall–Kier alpha value is -1.22. The first kappa shape index (κ1) is 25.4. The molecule has 32 heavy (non-hydrogen) atoms. The fourth-order valence-corrected chi connectivity index (χ4v) is 5.76. The van der Waals surface area contributed by atoms with Gasteiger partial charge in [0.05, 0.1) is 18.9 Å². The van der Waals surface area contributed by atoms with Crippen LogP contribution < -0.4 is 10.6 Å². The Balaban J connectivity index is 1.30. The summed E-state index contributed by atoms with van der Waals surface area (Å²) in [4.78, 5) is 31.4. The zero-order valence-electron chi connectivity index (χ0n) is 20.6. The van der Waals surface area contributed by atoms with Crippen LogP contribution in [0.3, 0.4) is 0 Å². The van der Waals surface area contributed by atoms with Crippen molar-refractivity contribution >= 4 is 11.8 Å². The number of carbonyl (C=O) groups excluding carboxylic acids is 2. The lowest BCUT2D eigenvalue weighted by Crippen LogP contribution is -2.76. The molecule has 8 nitrogen and oxygen atoms in total. The van der Waals surface area contributed by atoms with Crippen LogP contribution in [-0.4, -0.2) is 96.4 Å². The van der Waals surface area contributed by atoms with Crippen LogP contribution in [0.5, 0.6) is 0 Å². The van der Waals surface area contributed by atoms with E-state index in [4.69, 9.17) is 0 Å². The number of hydrogen-bond acceptors (Lipinski definition) is 6. The van der Waals surface area contributed by atoms with E-state index in [1.165, 1.54) is 19.3 Å². The summed E-state index contributed by atoms with van der Waals surface area (Å²) in [5, 5.41) is 16.2. The number of amides is 2. The normalized spacial score (nSPS) is 34.4. The summed E-state index contributed by atoms with van der Waals surface area (Å²) >= 11 is 0. The molecule has 0 aromatic heterocycles. The van der Waals surface area contributed by atoms with Crippen molar-refractivity contribution in [2.75, 3.05) is 34.4 Å². The van der Waals surface area contributed by atoms with Gasteiger partial charge < -0.3 is 15.3 Å². The maximum absolute atomic E-state index is 12.8. The van der Waals surface area contributed by atoms with Crippen LogP contribution in [-0.2, 0) is 9.59 Å². The van der Waals surface area contributed by atoms with Crippen LogP contribution in [0.4, 0.5) is 0 Å². The molecule has 3 N–H and O–H groups in total. The van der Waals surface area contributed by atoms with Gasteiger partial charge in [-0.3, -0.25) is 24.7 Å². The smallest absolute Gasteiger partial charge is 0.243 e. The Morgan fingerprint density at radius 2 is 1.69 bits per heavy atom. The van der Waals surface area contributed by atoms with Gasteiger partial charge in [-0.15, -0.1) is 0 Å². The van der Waals surface area contributed by atoms with Crippen molar-refractivity contribution in [3.63, 3.8) is 0 Å². The summed E-state index contributed by atoms with van der Waals surface area (Å²) in [5.74, 6) is 0.481. The third-order valence-electron chi connectivity index (χ3n) is 8.11. The second-order valence-corrected chi connectivity index (χ2v) is 10.3. The molecular weight excluding hydrogens is 406 g/mol. The first-order chi connectivity index (χ1) is 15.3. The number of hydrogen-bond donors (Lipinski definition) is 3. The standard InChI is InChI=1S/C24H45N5O3/c1-17-20(29(4)21-22(28(17)3)26-16-27(2)24(21)32)10-8-6-5-7-9-15-25-23(31)18-11-13-19(30)14-12-18/h17-22,26,30H,5-16H2,1-4H3,(H,25,31). The van der Waals surface area contributed by atoms with Crippen molar-refractivity contribution in [2.45, 2.75) is 102 Å². The minimum Gasteiger partial charge on any atom is -0.393 e. The molecule has 1 saturated carbocycles. The number of likely N-dealkylation sites (N-methyl/N-ethyl adjacent to an activating group) is 3. The Bertz CT molecular complexity index is 625. The van der Waals surface area contributed by atoms with Crippen molar-refractivity contribution in [2.24, 2.45) is 5.92 Å². The summed E-state index contributed by atoms with van der Waals surface area (Å²) in [6.07, 6.45) is 9.82. The van der Waals surface area contributed by atoms with Gasteiger partial charge in [-0.25, -0.2) is 0 Å². The molecule has 0 radical (unpaired) electrons. The lowest BCUT2D eigenvalue weighted by molar-refractivity contribution is -0.154. The van der Waals surface area contributed by atoms with E-state index in [2.05, 4.69) is 41.5 Å². The van der Waals surface area contributed by atoms with Crippen molar-refractivity contribution < 1.29 is 14.7 Å². The molecule has 3 fully saturated rings. The molecule has 1 aliphatic carbocycles. The fraction of sp³-hybridized carbons (Fsp3) is 0.917. The van der Waals surface area contributed by atoms with Gasteiger partial charge in [-0.05, 0) is 59.5 Å². The van der Waals surface area contributed by atoms with Gasteiger partial charge in [0, 0.05) is 31.6 Å². The SMILES string of the molecule is CC1C(CCCCCCCNC(=O)C2CCC(O)CC2)N(C)C2C(=O)N(C)CNC2N1C. The molecule has 8 heteroatoms. The molecule has 0 aromatic rings. The Morgan fingerprint density at radius 1 is 1.03 bits per heavy atom. The van der Waals surface area contributed by atoms with Gasteiger partial charge in [-0.1, -0.05) is 25.7 Å². The molecule has 184 valence electrons. The highest BCUT2D eigenvalue weighted by molar-refractivity contribution is 5.83. The number of nitrogens with one attached hydrogen (secondary N) is 2. The Labute approximate surface area is 194 Å². The third kappa shape index (κ3) is 6.01. The molecule has 3 rings (SSSR count). The summed E-state index contributed by atoms with van der Waals surface area (Å²) < 4.78 is 0. The highest BCUT2D eigenvalue weighted by Crippen LogP contribution is 2.29. The topological polar surface area (TPSA) is 88.1 Å². The lowest BCUT2D eigenvalue weighted by Gasteiger charge is -2.55. The van der Waals surface area contributed by atoms with E-state index in [1.54, 1.807) is 4.90 Å². The zero-order chi connectivity index (χ0) is 23.3. The molecule has 4 atom stereocenters. The number of rotatable bonds is 9. The molecule has 0 spiro atoms. The molecule has 0 bridgehead atoms. The number of piperazine rings is 1. The second-order valence-electron chi connectivity index (χ2n) is 10.3. The maximum Gasteiger partial charge on any atom is 0.243 e. The summed E-state index contributed by atoms with van der Waals surface area (Å²) in [6.45, 7) is 3.65. The summed E-state index contributed by atoms with van der Waals surface area (Å²) in [7, 11) is 6.12. The molecule has 4 unspecified atom stereocenters. The van der Waals surface area contributed by atoms with Crippen molar-refractivity contribution in [1.82, 2.24) is 25.3 Å². The van der Waals surface area contributed by atoms with Gasteiger partial charge in [0.1, 0.15) is 6.04 Å². The average Bonchev–Trinajstić information content (AvgIpc) is 2.78. The second kappa shape index (κ2) is 11.8. The maximum atomic E-state index is 12.8. The number of unbranched alkanes of at least 4 members (excludes halogenated alkanes) is 4. The quantitative estimate of drug-likeness (QED) is 0.459. The van der Waals surface area contributed by atoms with E-state index in [0.29, 0.717) is 18.8 Å². The molecule has 3 aliphatic rings. The predicted molar refractivity (Wildman–Crippen MR) is 126 cm³/mol. The minimum absolute atomic E-state index is 0.0869. The molecule has 0 aromatic carbocycles. The van der Waals surface area contributed by atoms with E-state index < -0.39 is 0 Å². The van der Waals surface area contributed by atoms with Crippen LogP contribution >= 0.6 is 0 Å². The van der Waals surface area contributed by atoms with Crippen LogP contribution in [0.1, 0.15) is 71.1 Å². The molecule has 2 saturated heterocycles. The fourth-order valence-electron chi connectivity index (χ4n) is 5.76. The first-order valence-corrected chi connectivity index (χ1v) is 12.7. The van der Waals surface area contributed by atoms with Crippen molar-refractivity contribution in [1.29, 1.82) is 0 Å². The minimum atomic E-state index is -0.210. The molecule has 2 amide bonds. The third-order valence-corrected chi connectivity index (χ3v) is 8.11. The van der Waals surface area contributed by atoms with Crippen LogP contribution in [0.15, 0.2) is 0 Å². The van der Waals surface area contributed by atoms with Crippen LogP contribution in [0.2, 0.25) is 0 Å². The number of nitrogens with zero attached hydrogens (tertiary/aromatic N) is 3. The van der Waals surface area contributed by atoms with Crippen molar-refractivity contribution in [3.05, 3.63) is 0 Å². The van der Waals surface area contributed by atoms with Gasteiger partial charge in [0.2, 0.25) is 11.8 Å². The number of aliphatic hydroxyl groups excluding tert-OH is 1. The molecule has 2 aliphatic heterocycles. The highest BCUT2D eigenvalue weighted by atomic mass is 16.3. The predicted octanol–water partition coefficient (Wildman–Crippen LogP) is 1.34. The summed E-state index contributed by atoms with van der Waals surface area (Å²) in [5.41, 5.74) is 0. The highest BCUT2D eigenvalue weighted by Gasteiger charge is 2.48. The van der Waals surface area contributed by atoms with E-state index in [9.17, 15) is 14.7 Å². The lowest BCUT2D eigenvalue weighted by atomic mass is 9.87. The van der Waals surface area contributed by atoms with Gasteiger partial charge >= 0.3 is 0 Å². The zero-order valence-corrected chi connectivity index (χ0v) is 20.6. The molecular formula is C24H45N5O3. The summed E-state index contributed by atoms with van der Waals surface area (Å²) in [6, 6.07) is 0.670.